The summed E-state index contributed by atoms with van der Waals surface area (Å²) >= 11 is 1.92. The number of hydrogen-bond acceptors (Lipinski definition) is 4. The number of para-hydroxylation sites is 1. The molecule has 0 aliphatic rings. The lowest BCUT2D eigenvalue weighted by atomic mass is 10.2. The van der Waals surface area contributed by atoms with Gasteiger partial charge in [0.15, 0.2) is 11.3 Å². The van der Waals surface area contributed by atoms with E-state index in [1.54, 1.807) is 7.11 Å². The predicted octanol–water partition coefficient (Wildman–Crippen LogP) is 4.06. The summed E-state index contributed by atoms with van der Waals surface area (Å²) in [6.45, 7) is 1.82. The SMILES string of the molecule is COc1cccc2cc(CNCCCCCSC)oc12. The van der Waals surface area contributed by atoms with Crippen molar-refractivity contribution >= 4 is 22.7 Å². The highest BCUT2D eigenvalue weighted by Crippen LogP contribution is 2.28. The Hall–Kier alpha value is -1.13. The minimum Gasteiger partial charge on any atom is -0.493 e. The summed E-state index contributed by atoms with van der Waals surface area (Å²) < 4.78 is 11.1. The Morgan fingerprint density at radius 1 is 1.25 bits per heavy atom. The maximum Gasteiger partial charge on any atom is 0.176 e. The van der Waals surface area contributed by atoms with Crippen LogP contribution >= 0.6 is 11.8 Å². The second-order valence-electron chi connectivity index (χ2n) is 4.82. The first-order valence-electron chi connectivity index (χ1n) is 7.10. The normalized spacial score (nSPS) is 11.1. The summed E-state index contributed by atoms with van der Waals surface area (Å²) in [6.07, 6.45) is 5.99. The number of nitrogens with one attached hydrogen (secondary N) is 1. The summed E-state index contributed by atoms with van der Waals surface area (Å²) in [7, 11) is 1.67. The molecule has 2 aromatic rings. The standard InChI is InChI=1S/C16H23NO2S/c1-18-15-8-6-7-13-11-14(19-16(13)15)12-17-9-4-3-5-10-20-2/h6-8,11,17H,3-5,9-10,12H2,1-2H3. The average molecular weight is 293 g/mol. The molecule has 4 heteroatoms. The van der Waals surface area contributed by atoms with Crippen LogP contribution in [0.2, 0.25) is 0 Å². The van der Waals surface area contributed by atoms with Gasteiger partial charge < -0.3 is 14.5 Å². The Morgan fingerprint density at radius 2 is 2.15 bits per heavy atom. The van der Waals surface area contributed by atoms with Gasteiger partial charge in [0.25, 0.3) is 0 Å². The number of unbranched alkanes of at least 4 members (excludes halogenated alkanes) is 2. The fraction of sp³-hybridized carbons (Fsp3) is 0.500. The van der Waals surface area contributed by atoms with Gasteiger partial charge >= 0.3 is 0 Å². The van der Waals surface area contributed by atoms with Crippen molar-refractivity contribution in [1.82, 2.24) is 5.32 Å². The van der Waals surface area contributed by atoms with E-state index in [1.807, 2.05) is 30.0 Å². The number of rotatable bonds is 9. The van der Waals surface area contributed by atoms with Gasteiger partial charge in [-0.2, -0.15) is 11.8 Å². The molecule has 0 amide bonds. The molecule has 1 aromatic heterocycles. The van der Waals surface area contributed by atoms with E-state index < -0.39 is 0 Å². The van der Waals surface area contributed by atoms with Crippen LogP contribution in [0.4, 0.5) is 0 Å². The zero-order valence-electron chi connectivity index (χ0n) is 12.3. The molecule has 0 saturated carbocycles. The van der Waals surface area contributed by atoms with Gasteiger partial charge in [-0.3, -0.25) is 0 Å². The third kappa shape index (κ3) is 4.18. The number of furan rings is 1. The first-order chi connectivity index (χ1) is 9.85. The monoisotopic (exact) mass is 293 g/mol. The molecule has 110 valence electrons. The van der Waals surface area contributed by atoms with E-state index in [0.29, 0.717) is 0 Å². The van der Waals surface area contributed by atoms with Gasteiger partial charge in [-0.1, -0.05) is 18.6 Å². The molecule has 0 radical (unpaired) electrons. The molecule has 1 aromatic carbocycles. The molecule has 1 N–H and O–H groups in total. The van der Waals surface area contributed by atoms with E-state index in [9.17, 15) is 0 Å². The highest BCUT2D eigenvalue weighted by Gasteiger charge is 2.07. The Morgan fingerprint density at radius 3 is 2.95 bits per heavy atom. The minimum atomic E-state index is 0.778. The van der Waals surface area contributed by atoms with Crippen LogP contribution in [0.5, 0.6) is 5.75 Å². The van der Waals surface area contributed by atoms with Crippen molar-refractivity contribution in [2.75, 3.05) is 25.7 Å². The van der Waals surface area contributed by atoms with Gasteiger partial charge in [-0.05, 0) is 43.5 Å². The van der Waals surface area contributed by atoms with Crippen molar-refractivity contribution in [2.45, 2.75) is 25.8 Å². The van der Waals surface area contributed by atoms with Gasteiger partial charge in [-0.15, -0.1) is 0 Å². The van der Waals surface area contributed by atoms with Gasteiger partial charge in [0.1, 0.15) is 5.76 Å². The maximum atomic E-state index is 5.84. The van der Waals surface area contributed by atoms with Crippen molar-refractivity contribution < 1.29 is 9.15 Å². The average Bonchev–Trinajstić information content (AvgIpc) is 2.89. The van der Waals surface area contributed by atoms with Crippen molar-refractivity contribution in [1.29, 1.82) is 0 Å². The van der Waals surface area contributed by atoms with Crippen LogP contribution in [-0.4, -0.2) is 25.7 Å². The summed E-state index contributed by atoms with van der Waals surface area (Å²) in [5.74, 6) is 3.03. The number of hydrogen-bond donors (Lipinski definition) is 1. The van der Waals surface area contributed by atoms with Crippen LogP contribution in [0.15, 0.2) is 28.7 Å². The molecule has 0 unspecified atom stereocenters. The zero-order chi connectivity index (χ0) is 14.2. The Balaban J connectivity index is 1.79. The molecule has 0 bridgehead atoms. The lowest BCUT2D eigenvalue weighted by molar-refractivity contribution is 0.406. The van der Waals surface area contributed by atoms with Crippen LogP contribution in [0.3, 0.4) is 0 Å². The Labute approximate surface area is 125 Å². The molecule has 2 rings (SSSR count). The highest BCUT2D eigenvalue weighted by molar-refractivity contribution is 7.98. The molecule has 3 nitrogen and oxygen atoms in total. The van der Waals surface area contributed by atoms with E-state index >= 15 is 0 Å². The second-order valence-corrected chi connectivity index (χ2v) is 5.81. The molecular weight excluding hydrogens is 270 g/mol. The van der Waals surface area contributed by atoms with Crippen LogP contribution in [0, 0.1) is 0 Å². The quantitative estimate of drug-likeness (QED) is 0.707. The number of ether oxygens (including phenoxy) is 1. The third-order valence-electron chi connectivity index (χ3n) is 3.28. The number of methoxy groups -OCH3 is 1. The molecular formula is C16H23NO2S. The fourth-order valence-electron chi connectivity index (χ4n) is 2.22. The first kappa shape index (κ1) is 15.3. The summed E-state index contributed by atoms with van der Waals surface area (Å²) in [6, 6.07) is 8.04. The van der Waals surface area contributed by atoms with E-state index in [0.717, 1.165) is 35.6 Å². The number of thioether (sulfide) groups is 1. The van der Waals surface area contributed by atoms with Crippen molar-refractivity contribution in [3.8, 4) is 5.75 Å². The number of benzene rings is 1. The van der Waals surface area contributed by atoms with Crippen LogP contribution < -0.4 is 10.1 Å². The topological polar surface area (TPSA) is 34.4 Å². The van der Waals surface area contributed by atoms with Crippen molar-refractivity contribution in [2.24, 2.45) is 0 Å². The summed E-state index contributed by atoms with van der Waals surface area (Å²) in [5.41, 5.74) is 0.840. The Bertz CT molecular complexity index is 524. The molecule has 0 spiro atoms. The molecule has 0 fully saturated rings. The highest BCUT2D eigenvalue weighted by atomic mass is 32.2. The Kier molecular flexibility index (Phi) is 6.27. The van der Waals surface area contributed by atoms with E-state index in [2.05, 4.69) is 17.6 Å². The summed E-state index contributed by atoms with van der Waals surface area (Å²) in [5, 5.41) is 4.53. The molecule has 0 saturated heterocycles. The minimum absolute atomic E-state index is 0.778. The predicted molar refractivity (Wildman–Crippen MR) is 86.7 cm³/mol. The second kappa shape index (κ2) is 8.22. The molecule has 0 aliphatic carbocycles. The van der Waals surface area contributed by atoms with Crippen molar-refractivity contribution in [3.05, 3.63) is 30.0 Å². The first-order valence-corrected chi connectivity index (χ1v) is 8.49. The van der Waals surface area contributed by atoms with Gasteiger partial charge in [0, 0.05) is 5.39 Å². The van der Waals surface area contributed by atoms with Gasteiger partial charge in [-0.25, -0.2) is 0 Å². The number of fused-ring (bicyclic) bond motifs is 1. The van der Waals surface area contributed by atoms with Gasteiger partial charge in [0.05, 0.1) is 13.7 Å². The third-order valence-corrected chi connectivity index (χ3v) is 3.98. The van der Waals surface area contributed by atoms with Crippen LogP contribution in [-0.2, 0) is 6.54 Å². The van der Waals surface area contributed by atoms with E-state index in [4.69, 9.17) is 9.15 Å². The summed E-state index contributed by atoms with van der Waals surface area (Å²) in [4.78, 5) is 0. The largest absolute Gasteiger partial charge is 0.493 e. The van der Waals surface area contributed by atoms with E-state index in [-0.39, 0.29) is 0 Å². The molecule has 0 aliphatic heterocycles. The molecule has 0 atom stereocenters. The van der Waals surface area contributed by atoms with Crippen molar-refractivity contribution in [3.63, 3.8) is 0 Å². The lowest BCUT2D eigenvalue weighted by Gasteiger charge is -2.02. The molecule has 1 heterocycles. The van der Waals surface area contributed by atoms with E-state index in [1.165, 1.54) is 25.0 Å². The molecule has 20 heavy (non-hydrogen) atoms. The maximum absolute atomic E-state index is 5.84. The lowest BCUT2D eigenvalue weighted by Crippen LogP contribution is -2.14. The van der Waals surface area contributed by atoms with Crippen LogP contribution in [0.25, 0.3) is 11.0 Å². The van der Waals surface area contributed by atoms with Gasteiger partial charge in [0.2, 0.25) is 0 Å². The fourth-order valence-corrected chi connectivity index (χ4v) is 2.72. The smallest absolute Gasteiger partial charge is 0.176 e. The zero-order valence-corrected chi connectivity index (χ0v) is 13.1. The van der Waals surface area contributed by atoms with Crippen LogP contribution in [0.1, 0.15) is 25.0 Å².